The van der Waals surface area contributed by atoms with Crippen molar-refractivity contribution in [1.29, 1.82) is 0 Å². The van der Waals surface area contributed by atoms with Gasteiger partial charge in [0.05, 0.1) is 17.6 Å². The smallest absolute Gasteiger partial charge is 0.227 e. The zero-order valence-electron chi connectivity index (χ0n) is 20.1. The standard InChI is InChI=1S/C29H31N3O2/c1-4-22-11-5-7-13-25(22)32-19-23(18-28(32)33)29-30-24-12-6-8-14-26(24)31(29)16-17-34-27-15-9-10-20(2)21(27)3/h5-15,23H,4,16-19H2,1-3H3. The van der Waals surface area contributed by atoms with Gasteiger partial charge in [-0.25, -0.2) is 4.98 Å². The second-order valence-electron chi connectivity index (χ2n) is 9.04. The molecule has 0 N–H and O–H groups in total. The van der Waals surface area contributed by atoms with Crippen molar-refractivity contribution in [1.82, 2.24) is 9.55 Å². The van der Waals surface area contributed by atoms with E-state index in [9.17, 15) is 4.79 Å². The Hall–Kier alpha value is -3.60. The van der Waals surface area contributed by atoms with Gasteiger partial charge in [0.1, 0.15) is 18.2 Å². The first-order valence-corrected chi connectivity index (χ1v) is 12.1. The van der Waals surface area contributed by atoms with Gasteiger partial charge in [0.25, 0.3) is 0 Å². The Morgan fingerprint density at radius 1 is 1.00 bits per heavy atom. The van der Waals surface area contributed by atoms with Crippen LogP contribution in [0.15, 0.2) is 66.7 Å². The highest BCUT2D eigenvalue weighted by Gasteiger charge is 2.35. The zero-order chi connectivity index (χ0) is 23.7. The van der Waals surface area contributed by atoms with E-state index in [-0.39, 0.29) is 11.8 Å². The molecule has 0 bridgehead atoms. The Balaban J connectivity index is 1.42. The minimum absolute atomic E-state index is 0.0468. The molecule has 1 amide bonds. The molecule has 5 heteroatoms. The van der Waals surface area contributed by atoms with Gasteiger partial charge in [0, 0.05) is 24.6 Å². The number of hydrogen-bond acceptors (Lipinski definition) is 3. The second kappa shape index (κ2) is 9.34. The van der Waals surface area contributed by atoms with Gasteiger partial charge in [0.15, 0.2) is 0 Å². The summed E-state index contributed by atoms with van der Waals surface area (Å²) in [5.41, 5.74) is 6.67. The molecule has 5 nitrogen and oxygen atoms in total. The first-order valence-electron chi connectivity index (χ1n) is 12.1. The summed E-state index contributed by atoms with van der Waals surface area (Å²) in [6.07, 6.45) is 1.37. The Morgan fingerprint density at radius 2 is 1.79 bits per heavy atom. The summed E-state index contributed by atoms with van der Waals surface area (Å²) >= 11 is 0. The average Bonchev–Trinajstić information content (AvgIpc) is 3.42. The van der Waals surface area contributed by atoms with E-state index in [0.29, 0.717) is 26.1 Å². The summed E-state index contributed by atoms with van der Waals surface area (Å²) in [4.78, 5) is 20.0. The lowest BCUT2D eigenvalue weighted by Gasteiger charge is -2.20. The summed E-state index contributed by atoms with van der Waals surface area (Å²) in [7, 11) is 0. The van der Waals surface area contributed by atoms with E-state index in [2.05, 4.69) is 49.6 Å². The molecule has 174 valence electrons. The van der Waals surface area contributed by atoms with Crippen LogP contribution in [-0.4, -0.2) is 28.6 Å². The lowest BCUT2D eigenvalue weighted by Crippen LogP contribution is -2.25. The number of amides is 1. The summed E-state index contributed by atoms with van der Waals surface area (Å²) < 4.78 is 8.42. The van der Waals surface area contributed by atoms with E-state index in [0.717, 1.165) is 34.7 Å². The number of hydrogen-bond donors (Lipinski definition) is 0. The van der Waals surface area contributed by atoms with Crippen LogP contribution in [0.4, 0.5) is 5.69 Å². The zero-order valence-corrected chi connectivity index (χ0v) is 20.1. The molecule has 1 saturated heterocycles. The van der Waals surface area contributed by atoms with Crippen LogP contribution in [0.3, 0.4) is 0 Å². The van der Waals surface area contributed by atoms with Gasteiger partial charge in [-0.1, -0.05) is 49.4 Å². The Morgan fingerprint density at radius 3 is 2.65 bits per heavy atom. The number of ether oxygens (including phenoxy) is 1. The van der Waals surface area contributed by atoms with Crippen LogP contribution in [0.25, 0.3) is 11.0 Å². The summed E-state index contributed by atoms with van der Waals surface area (Å²) in [6, 6.07) is 22.6. The van der Waals surface area contributed by atoms with Gasteiger partial charge in [-0.3, -0.25) is 4.79 Å². The molecule has 5 rings (SSSR count). The summed E-state index contributed by atoms with van der Waals surface area (Å²) in [5.74, 6) is 2.10. The lowest BCUT2D eigenvalue weighted by atomic mass is 10.1. The third kappa shape index (κ3) is 4.07. The summed E-state index contributed by atoms with van der Waals surface area (Å²) in [6.45, 7) is 8.20. The molecule has 4 aromatic rings. The van der Waals surface area contributed by atoms with Crippen molar-refractivity contribution in [3.05, 3.63) is 89.2 Å². The molecule has 1 unspecified atom stereocenters. The topological polar surface area (TPSA) is 47.4 Å². The maximum absolute atomic E-state index is 13.1. The molecule has 0 saturated carbocycles. The van der Waals surface area contributed by atoms with Crippen LogP contribution < -0.4 is 9.64 Å². The van der Waals surface area contributed by atoms with Gasteiger partial charge in [-0.15, -0.1) is 0 Å². The lowest BCUT2D eigenvalue weighted by molar-refractivity contribution is -0.117. The number of aromatic nitrogens is 2. The molecule has 3 aromatic carbocycles. The average molecular weight is 454 g/mol. The van der Waals surface area contributed by atoms with Crippen molar-refractivity contribution in [3.8, 4) is 5.75 Å². The highest BCUT2D eigenvalue weighted by atomic mass is 16.5. The van der Waals surface area contributed by atoms with Crippen molar-refractivity contribution < 1.29 is 9.53 Å². The number of fused-ring (bicyclic) bond motifs is 1. The maximum Gasteiger partial charge on any atom is 0.227 e. The number of nitrogens with zero attached hydrogens (tertiary/aromatic N) is 3. The molecule has 1 aromatic heterocycles. The maximum atomic E-state index is 13.1. The van der Waals surface area contributed by atoms with Crippen LogP contribution in [-0.2, 0) is 17.8 Å². The monoisotopic (exact) mass is 453 g/mol. The van der Waals surface area contributed by atoms with Gasteiger partial charge >= 0.3 is 0 Å². The van der Waals surface area contributed by atoms with E-state index in [1.54, 1.807) is 0 Å². The predicted octanol–water partition coefficient (Wildman–Crippen LogP) is 5.82. The Kier molecular flexibility index (Phi) is 6.10. The molecule has 0 aliphatic carbocycles. The predicted molar refractivity (Wildman–Crippen MR) is 137 cm³/mol. The van der Waals surface area contributed by atoms with Gasteiger partial charge < -0.3 is 14.2 Å². The third-order valence-electron chi connectivity index (χ3n) is 6.96. The molecular weight excluding hydrogens is 422 g/mol. The largest absolute Gasteiger partial charge is 0.491 e. The van der Waals surface area contributed by atoms with Crippen LogP contribution in [0.2, 0.25) is 0 Å². The molecule has 1 aliphatic rings. The van der Waals surface area contributed by atoms with Gasteiger partial charge in [0.2, 0.25) is 5.91 Å². The molecule has 2 heterocycles. The Labute approximate surface area is 201 Å². The molecule has 1 atom stereocenters. The van der Waals surface area contributed by atoms with Gasteiger partial charge in [-0.2, -0.15) is 0 Å². The normalized spacial score (nSPS) is 15.9. The number of para-hydroxylation sites is 3. The number of aryl methyl sites for hydroxylation is 2. The van der Waals surface area contributed by atoms with Crippen LogP contribution >= 0.6 is 0 Å². The highest BCUT2D eigenvalue weighted by molar-refractivity contribution is 5.97. The quantitative estimate of drug-likeness (QED) is 0.354. The van der Waals surface area contributed by atoms with Crippen LogP contribution in [0, 0.1) is 13.8 Å². The number of imidazole rings is 1. The van der Waals surface area contributed by atoms with E-state index in [4.69, 9.17) is 9.72 Å². The van der Waals surface area contributed by atoms with E-state index < -0.39 is 0 Å². The summed E-state index contributed by atoms with van der Waals surface area (Å²) in [5, 5.41) is 0. The molecular formula is C29H31N3O2. The molecule has 34 heavy (non-hydrogen) atoms. The number of benzene rings is 3. The van der Waals surface area contributed by atoms with Crippen LogP contribution in [0.1, 0.15) is 41.8 Å². The van der Waals surface area contributed by atoms with Crippen molar-refractivity contribution in [2.24, 2.45) is 0 Å². The van der Waals surface area contributed by atoms with Crippen molar-refractivity contribution >= 4 is 22.6 Å². The molecule has 1 aliphatic heterocycles. The Bertz CT molecular complexity index is 1340. The number of rotatable bonds is 7. The van der Waals surface area contributed by atoms with E-state index in [1.165, 1.54) is 16.7 Å². The minimum atomic E-state index is 0.0468. The van der Waals surface area contributed by atoms with E-state index in [1.807, 2.05) is 47.4 Å². The molecule has 0 radical (unpaired) electrons. The first kappa shape index (κ1) is 22.2. The molecule has 0 spiro atoms. The fourth-order valence-corrected chi connectivity index (χ4v) is 4.95. The van der Waals surface area contributed by atoms with Crippen molar-refractivity contribution in [2.45, 2.75) is 46.1 Å². The van der Waals surface area contributed by atoms with E-state index >= 15 is 0 Å². The first-order chi connectivity index (χ1) is 16.6. The van der Waals surface area contributed by atoms with Crippen LogP contribution in [0.5, 0.6) is 5.75 Å². The number of anilines is 1. The fraction of sp³-hybridized carbons (Fsp3) is 0.310. The third-order valence-corrected chi connectivity index (χ3v) is 6.96. The number of carbonyl (C=O) groups excluding carboxylic acids is 1. The second-order valence-corrected chi connectivity index (χ2v) is 9.04. The highest BCUT2D eigenvalue weighted by Crippen LogP contribution is 2.34. The molecule has 1 fully saturated rings. The van der Waals surface area contributed by atoms with Crippen molar-refractivity contribution in [3.63, 3.8) is 0 Å². The minimum Gasteiger partial charge on any atom is -0.491 e. The SMILES string of the molecule is CCc1ccccc1N1CC(c2nc3ccccc3n2CCOc2cccc(C)c2C)CC1=O. The van der Waals surface area contributed by atoms with Gasteiger partial charge in [-0.05, 0) is 61.2 Å². The fourth-order valence-electron chi connectivity index (χ4n) is 4.95. The number of carbonyl (C=O) groups is 1. The van der Waals surface area contributed by atoms with Crippen molar-refractivity contribution in [2.75, 3.05) is 18.1 Å².